The number of amides is 1. The highest BCUT2D eigenvalue weighted by Crippen LogP contribution is 2.30. The number of carbonyl (C=O) groups is 2. The van der Waals surface area contributed by atoms with Crippen LogP contribution in [0.25, 0.3) is 0 Å². The van der Waals surface area contributed by atoms with Crippen molar-refractivity contribution in [3.05, 3.63) is 59.7 Å². The number of hydrogen-bond acceptors (Lipinski definition) is 4. The molecule has 1 fully saturated rings. The summed E-state index contributed by atoms with van der Waals surface area (Å²) in [5.74, 6) is -0.165. The quantitative estimate of drug-likeness (QED) is 0.731. The lowest BCUT2D eigenvalue weighted by atomic mass is 9.97. The van der Waals surface area contributed by atoms with Gasteiger partial charge in [-0.05, 0) is 37.1 Å². The molecule has 0 aliphatic carbocycles. The van der Waals surface area contributed by atoms with Gasteiger partial charge in [-0.1, -0.05) is 37.3 Å². The molecule has 4 rings (SSSR count). The number of anilines is 1. The molecule has 6 nitrogen and oxygen atoms in total. The van der Waals surface area contributed by atoms with Gasteiger partial charge in [0.25, 0.3) is 5.91 Å². The predicted octanol–water partition coefficient (Wildman–Crippen LogP) is 2.53. The van der Waals surface area contributed by atoms with Gasteiger partial charge in [0.1, 0.15) is 5.71 Å². The van der Waals surface area contributed by atoms with E-state index in [-0.39, 0.29) is 17.8 Å². The summed E-state index contributed by atoms with van der Waals surface area (Å²) in [6.07, 6.45) is 2.56. The van der Waals surface area contributed by atoms with E-state index in [1.54, 1.807) is 0 Å². The van der Waals surface area contributed by atoms with Gasteiger partial charge in [-0.25, -0.2) is 4.99 Å². The second kappa shape index (κ2) is 9.43. The molecule has 0 aromatic heterocycles. The molecule has 0 bridgehead atoms. The number of aryl methyl sites for hydroxylation is 1. The number of aliphatic imine (C=N–C) groups is 1. The SMILES string of the molecule is CCOC(=O)C1CC[NH+](CN2C(=O)C(=Nc3ccc(CC)cc3)c3ccccc32)CC1. The highest BCUT2D eigenvalue weighted by molar-refractivity contribution is 6.54. The van der Waals surface area contributed by atoms with E-state index >= 15 is 0 Å². The molecule has 2 aliphatic rings. The zero-order valence-corrected chi connectivity index (χ0v) is 18.3. The first kappa shape index (κ1) is 21.2. The van der Waals surface area contributed by atoms with E-state index in [9.17, 15) is 9.59 Å². The fourth-order valence-corrected chi connectivity index (χ4v) is 4.37. The number of piperidine rings is 1. The summed E-state index contributed by atoms with van der Waals surface area (Å²) in [6, 6.07) is 15.9. The van der Waals surface area contributed by atoms with Crippen LogP contribution in [0.3, 0.4) is 0 Å². The lowest BCUT2D eigenvalue weighted by molar-refractivity contribution is -0.904. The molecule has 2 aliphatic heterocycles. The van der Waals surface area contributed by atoms with Crippen LogP contribution < -0.4 is 9.80 Å². The molecular formula is C25H30N3O3+. The summed E-state index contributed by atoms with van der Waals surface area (Å²) in [4.78, 5) is 33.2. The zero-order chi connectivity index (χ0) is 21.8. The molecule has 1 amide bonds. The van der Waals surface area contributed by atoms with Crippen LogP contribution in [0.5, 0.6) is 0 Å². The Morgan fingerprint density at radius 1 is 1.10 bits per heavy atom. The fraction of sp³-hybridized carbons (Fsp3) is 0.400. The third-order valence-electron chi connectivity index (χ3n) is 6.18. The second-order valence-corrected chi connectivity index (χ2v) is 8.17. The van der Waals surface area contributed by atoms with Gasteiger partial charge in [0.05, 0.1) is 37.0 Å². The van der Waals surface area contributed by atoms with E-state index in [1.165, 1.54) is 10.5 Å². The number of nitrogens with zero attached hydrogens (tertiary/aromatic N) is 2. The monoisotopic (exact) mass is 420 g/mol. The van der Waals surface area contributed by atoms with Crippen LogP contribution in [0.1, 0.15) is 37.8 Å². The molecule has 2 aromatic carbocycles. The van der Waals surface area contributed by atoms with E-state index in [1.807, 2.05) is 48.2 Å². The van der Waals surface area contributed by atoms with Crippen LogP contribution in [-0.4, -0.2) is 44.0 Å². The van der Waals surface area contributed by atoms with Gasteiger partial charge in [0, 0.05) is 18.4 Å². The minimum atomic E-state index is -0.0901. The molecule has 0 unspecified atom stereocenters. The Balaban J connectivity index is 1.50. The largest absolute Gasteiger partial charge is 0.466 e. The number of ether oxygens (including phenoxy) is 1. The topological polar surface area (TPSA) is 63.4 Å². The number of rotatable bonds is 6. The lowest BCUT2D eigenvalue weighted by Gasteiger charge is -2.30. The number of hydrogen-bond donors (Lipinski definition) is 1. The number of benzene rings is 2. The Hall–Kier alpha value is -2.99. The Bertz CT molecular complexity index is 976. The number of nitrogens with one attached hydrogen (secondary N) is 1. The number of esters is 1. The van der Waals surface area contributed by atoms with Gasteiger partial charge < -0.3 is 9.64 Å². The van der Waals surface area contributed by atoms with Crippen LogP contribution >= 0.6 is 0 Å². The molecule has 2 aromatic rings. The summed E-state index contributed by atoms with van der Waals surface area (Å²) in [5, 5.41) is 0. The van der Waals surface area contributed by atoms with Crippen LogP contribution in [-0.2, 0) is 20.7 Å². The van der Waals surface area contributed by atoms with Gasteiger partial charge >= 0.3 is 5.97 Å². The van der Waals surface area contributed by atoms with Gasteiger partial charge in [-0.2, -0.15) is 0 Å². The number of quaternary nitrogens is 1. The van der Waals surface area contributed by atoms with Gasteiger partial charge in [-0.15, -0.1) is 0 Å². The molecule has 31 heavy (non-hydrogen) atoms. The number of para-hydroxylation sites is 1. The Kier molecular flexibility index (Phi) is 6.47. The van der Waals surface area contributed by atoms with Crippen molar-refractivity contribution in [2.24, 2.45) is 10.9 Å². The van der Waals surface area contributed by atoms with Crippen molar-refractivity contribution in [3.8, 4) is 0 Å². The number of fused-ring (bicyclic) bond motifs is 1. The van der Waals surface area contributed by atoms with Crippen molar-refractivity contribution in [2.75, 3.05) is 31.3 Å². The molecule has 2 heterocycles. The van der Waals surface area contributed by atoms with Crippen LogP contribution in [0.15, 0.2) is 53.5 Å². The summed E-state index contributed by atoms with van der Waals surface area (Å²) in [5.41, 5.74) is 4.34. The highest BCUT2D eigenvalue weighted by atomic mass is 16.5. The zero-order valence-electron chi connectivity index (χ0n) is 18.3. The van der Waals surface area contributed by atoms with E-state index < -0.39 is 0 Å². The maximum Gasteiger partial charge on any atom is 0.309 e. The maximum absolute atomic E-state index is 13.3. The summed E-state index contributed by atoms with van der Waals surface area (Å²) < 4.78 is 5.17. The average Bonchev–Trinajstić information content (AvgIpc) is 3.06. The summed E-state index contributed by atoms with van der Waals surface area (Å²) in [6.45, 7) is 6.66. The van der Waals surface area contributed by atoms with Crippen molar-refractivity contribution in [1.29, 1.82) is 0 Å². The molecular weight excluding hydrogens is 390 g/mol. The number of carbonyl (C=O) groups excluding carboxylic acids is 2. The van der Waals surface area contributed by atoms with Crippen molar-refractivity contribution >= 4 is 29.0 Å². The first-order valence-electron chi connectivity index (χ1n) is 11.2. The van der Waals surface area contributed by atoms with Crippen LogP contribution in [0, 0.1) is 5.92 Å². The predicted molar refractivity (Wildman–Crippen MR) is 121 cm³/mol. The highest BCUT2D eigenvalue weighted by Gasteiger charge is 2.37. The molecule has 6 heteroatoms. The Morgan fingerprint density at radius 3 is 2.48 bits per heavy atom. The van der Waals surface area contributed by atoms with Gasteiger partial charge in [0.15, 0.2) is 6.67 Å². The molecule has 162 valence electrons. The minimum Gasteiger partial charge on any atom is -0.466 e. The standard InChI is InChI=1S/C25H29N3O3/c1-3-18-9-11-20(12-10-18)26-23-21-7-5-6-8-22(21)28(24(23)29)17-27-15-13-19(14-16-27)25(30)31-4-2/h5-12,19H,3-4,13-17H2,1-2H3/p+1. The lowest BCUT2D eigenvalue weighted by Crippen LogP contribution is -3.14. The van der Waals surface area contributed by atoms with Gasteiger partial charge in [0.2, 0.25) is 0 Å². The molecule has 0 spiro atoms. The minimum absolute atomic E-state index is 0.0199. The molecule has 0 saturated carbocycles. The molecule has 0 atom stereocenters. The average molecular weight is 421 g/mol. The molecule has 1 N–H and O–H groups in total. The Labute approximate surface area is 183 Å². The second-order valence-electron chi connectivity index (χ2n) is 8.17. The normalized spacial score (nSPS) is 21.9. The van der Waals surface area contributed by atoms with E-state index in [4.69, 9.17) is 9.73 Å². The Morgan fingerprint density at radius 2 is 1.81 bits per heavy atom. The summed E-state index contributed by atoms with van der Waals surface area (Å²) >= 11 is 0. The van der Waals surface area contributed by atoms with Crippen molar-refractivity contribution in [1.82, 2.24) is 0 Å². The first-order valence-corrected chi connectivity index (χ1v) is 11.2. The van der Waals surface area contributed by atoms with E-state index in [0.29, 0.717) is 19.0 Å². The third kappa shape index (κ3) is 4.54. The molecule has 0 radical (unpaired) electrons. The van der Waals surface area contributed by atoms with E-state index in [2.05, 4.69) is 19.1 Å². The molecule has 1 saturated heterocycles. The number of likely N-dealkylation sites (tertiary alicyclic amines) is 1. The summed E-state index contributed by atoms with van der Waals surface area (Å²) in [7, 11) is 0. The van der Waals surface area contributed by atoms with Crippen molar-refractivity contribution < 1.29 is 19.2 Å². The maximum atomic E-state index is 13.3. The van der Waals surface area contributed by atoms with Crippen molar-refractivity contribution in [2.45, 2.75) is 33.1 Å². The smallest absolute Gasteiger partial charge is 0.309 e. The third-order valence-corrected chi connectivity index (χ3v) is 6.18. The van der Waals surface area contributed by atoms with Crippen molar-refractivity contribution in [3.63, 3.8) is 0 Å². The fourth-order valence-electron chi connectivity index (χ4n) is 4.37. The van der Waals surface area contributed by atoms with Crippen LogP contribution in [0.4, 0.5) is 11.4 Å². The van der Waals surface area contributed by atoms with Crippen LogP contribution in [0.2, 0.25) is 0 Å². The van der Waals surface area contributed by atoms with E-state index in [0.717, 1.165) is 49.3 Å². The first-order chi connectivity index (χ1) is 15.1. The van der Waals surface area contributed by atoms with Gasteiger partial charge in [-0.3, -0.25) is 14.5 Å².